The zero-order chi connectivity index (χ0) is 13.8. The van der Waals surface area contributed by atoms with E-state index in [9.17, 15) is 0 Å². The zero-order valence-corrected chi connectivity index (χ0v) is 13.3. The second-order valence-electron chi connectivity index (χ2n) is 5.91. The van der Waals surface area contributed by atoms with Crippen molar-refractivity contribution >= 4 is 16.5 Å². The largest absolute Gasteiger partial charge is 0.346 e. The van der Waals surface area contributed by atoms with Crippen molar-refractivity contribution in [1.29, 1.82) is 0 Å². The van der Waals surface area contributed by atoms with E-state index in [0.717, 1.165) is 25.7 Å². The lowest BCUT2D eigenvalue weighted by atomic mass is 10.2. The number of nitrogens with zero attached hydrogens (tertiary/aromatic N) is 3. The topological polar surface area (TPSA) is 31.4 Å². The average Bonchev–Trinajstić information content (AvgIpc) is 3.17. The minimum Gasteiger partial charge on any atom is -0.346 e. The van der Waals surface area contributed by atoms with Crippen molar-refractivity contribution in [3.63, 3.8) is 0 Å². The molecule has 3 rings (SSSR count). The van der Waals surface area contributed by atoms with Gasteiger partial charge in [0.1, 0.15) is 0 Å². The summed E-state index contributed by atoms with van der Waals surface area (Å²) in [5.74, 6) is 0. The van der Waals surface area contributed by atoms with E-state index in [1.54, 1.807) is 11.3 Å². The fourth-order valence-corrected chi connectivity index (χ4v) is 4.04. The maximum Gasteiger partial charge on any atom is 0.185 e. The van der Waals surface area contributed by atoms with Gasteiger partial charge in [-0.3, -0.25) is 0 Å². The molecule has 0 amide bonds. The first-order chi connectivity index (χ1) is 9.85. The highest BCUT2D eigenvalue weighted by Gasteiger charge is 2.19. The lowest BCUT2D eigenvalue weighted by Crippen LogP contribution is -2.46. The number of hydrogen-bond donors (Lipinski definition) is 1. The molecule has 0 atom stereocenters. The molecule has 1 aliphatic heterocycles. The molecular weight excluding hydrogens is 268 g/mol. The molecule has 0 aromatic carbocycles. The Morgan fingerprint density at radius 3 is 2.70 bits per heavy atom. The molecule has 1 aromatic rings. The van der Waals surface area contributed by atoms with Gasteiger partial charge in [-0.25, -0.2) is 4.98 Å². The number of hydrogen-bond acceptors (Lipinski definition) is 5. The van der Waals surface area contributed by atoms with Crippen LogP contribution in [0.4, 0.5) is 5.13 Å². The molecule has 1 aromatic heterocycles. The van der Waals surface area contributed by atoms with Crippen LogP contribution in [0.2, 0.25) is 0 Å². The first kappa shape index (κ1) is 14.3. The van der Waals surface area contributed by atoms with Gasteiger partial charge in [-0.1, -0.05) is 19.8 Å². The van der Waals surface area contributed by atoms with Gasteiger partial charge < -0.3 is 15.1 Å². The molecule has 1 saturated heterocycles. The first-order valence-electron chi connectivity index (χ1n) is 8.00. The molecule has 0 bridgehead atoms. The summed E-state index contributed by atoms with van der Waals surface area (Å²) in [7, 11) is 0. The van der Waals surface area contributed by atoms with E-state index in [1.165, 1.54) is 56.1 Å². The minimum atomic E-state index is 0.730. The molecule has 1 saturated carbocycles. The molecule has 2 aliphatic rings. The lowest BCUT2D eigenvalue weighted by molar-refractivity contribution is 0.271. The molecule has 0 unspecified atom stereocenters. The summed E-state index contributed by atoms with van der Waals surface area (Å²) in [4.78, 5) is 9.76. The summed E-state index contributed by atoms with van der Waals surface area (Å²) < 4.78 is 0. The average molecular weight is 294 g/mol. The van der Waals surface area contributed by atoms with Crippen molar-refractivity contribution < 1.29 is 0 Å². The molecule has 1 aliphatic carbocycles. The molecule has 1 N–H and O–H groups in total. The van der Waals surface area contributed by atoms with Crippen LogP contribution >= 0.6 is 11.3 Å². The number of likely N-dealkylation sites (N-methyl/N-ethyl adjacent to an activating group) is 1. The third-order valence-electron chi connectivity index (χ3n) is 4.56. The molecule has 2 fully saturated rings. The zero-order valence-electron chi connectivity index (χ0n) is 12.5. The van der Waals surface area contributed by atoms with Crippen LogP contribution in [0.1, 0.15) is 38.3 Å². The van der Waals surface area contributed by atoms with E-state index in [-0.39, 0.29) is 0 Å². The van der Waals surface area contributed by atoms with E-state index in [4.69, 9.17) is 4.98 Å². The highest BCUT2D eigenvalue weighted by atomic mass is 32.1. The van der Waals surface area contributed by atoms with Crippen molar-refractivity contribution in [2.45, 2.75) is 45.2 Å². The molecule has 5 heteroatoms. The molecule has 0 spiro atoms. The molecule has 0 radical (unpaired) electrons. The summed E-state index contributed by atoms with van der Waals surface area (Å²) >= 11 is 1.80. The van der Waals surface area contributed by atoms with Gasteiger partial charge in [0.2, 0.25) is 0 Å². The van der Waals surface area contributed by atoms with Gasteiger partial charge in [0.15, 0.2) is 5.13 Å². The van der Waals surface area contributed by atoms with Gasteiger partial charge in [0.25, 0.3) is 0 Å². The molecular formula is C15H26N4S. The molecule has 112 valence electrons. The van der Waals surface area contributed by atoms with E-state index in [0.29, 0.717) is 0 Å². The highest BCUT2D eigenvalue weighted by molar-refractivity contribution is 7.13. The Hall–Kier alpha value is -0.650. The van der Waals surface area contributed by atoms with Gasteiger partial charge in [-0.2, -0.15) is 0 Å². The number of thiazole rings is 1. The number of anilines is 1. The second-order valence-corrected chi connectivity index (χ2v) is 6.74. The van der Waals surface area contributed by atoms with Crippen LogP contribution < -0.4 is 10.2 Å². The summed E-state index contributed by atoms with van der Waals surface area (Å²) in [6, 6.07) is 0.730. The Kier molecular flexibility index (Phi) is 4.91. The van der Waals surface area contributed by atoms with E-state index in [1.807, 2.05) is 0 Å². The van der Waals surface area contributed by atoms with Gasteiger partial charge in [-0.05, 0) is 19.4 Å². The summed E-state index contributed by atoms with van der Waals surface area (Å²) in [6.45, 7) is 8.94. The van der Waals surface area contributed by atoms with Crippen molar-refractivity contribution in [3.8, 4) is 0 Å². The number of rotatable bonds is 5. The van der Waals surface area contributed by atoms with Gasteiger partial charge in [0.05, 0.1) is 5.69 Å². The van der Waals surface area contributed by atoms with Gasteiger partial charge in [-0.15, -0.1) is 11.3 Å². The summed E-state index contributed by atoms with van der Waals surface area (Å²) in [5.41, 5.74) is 1.22. The number of nitrogens with one attached hydrogen (secondary N) is 1. The van der Waals surface area contributed by atoms with Crippen molar-refractivity contribution in [1.82, 2.24) is 15.2 Å². The minimum absolute atomic E-state index is 0.730. The van der Waals surface area contributed by atoms with E-state index >= 15 is 0 Å². The Morgan fingerprint density at radius 2 is 2.00 bits per heavy atom. The fraction of sp³-hybridized carbons (Fsp3) is 0.800. The molecule has 2 heterocycles. The quantitative estimate of drug-likeness (QED) is 0.903. The SMILES string of the molecule is CCN1CCN(c2nc(CNC3CCCC3)cs2)CC1. The third kappa shape index (κ3) is 3.51. The second kappa shape index (κ2) is 6.87. The van der Waals surface area contributed by atoms with Crippen LogP contribution in [0, 0.1) is 0 Å². The summed E-state index contributed by atoms with van der Waals surface area (Å²) in [6.07, 6.45) is 5.47. The number of aromatic nitrogens is 1. The lowest BCUT2D eigenvalue weighted by Gasteiger charge is -2.33. The fourth-order valence-electron chi connectivity index (χ4n) is 3.16. The van der Waals surface area contributed by atoms with Crippen LogP contribution in [0.15, 0.2) is 5.38 Å². The first-order valence-corrected chi connectivity index (χ1v) is 8.88. The Morgan fingerprint density at radius 1 is 1.25 bits per heavy atom. The predicted molar refractivity (Wildman–Crippen MR) is 85.5 cm³/mol. The van der Waals surface area contributed by atoms with Crippen molar-refractivity contribution in [2.24, 2.45) is 0 Å². The van der Waals surface area contributed by atoms with Gasteiger partial charge in [0, 0.05) is 44.1 Å². The Balaban J connectivity index is 1.49. The Labute approximate surface area is 126 Å². The third-order valence-corrected chi connectivity index (χ3v) is 5.51. The summed E-state index contributed by atoms with van der Waals surface area (Å²) in [5, 5.41) is 7.09. The maximum atomic E-state index is 4.81. The molecule has 20 heavy (non-hydrogen) atoms. The standard InChI is InChI=1S/C15H26N4S/c1-2-18-7-9-19(10-8-18)15-17-14(12-20-15)11-16-13-5-3-4-6-13/h12-13,16H,2-11H2,1H3. The monoisotopic (exact) mass is 294 g/mol. The van der Waals surface area contributed by atoms with E-state index in [2.05, 4.69) is 27.4 Å². The van der Waals surface area contributed by atoms with Crippen LogP contribution in [0.3, 0.4) is 0 Å². The molecule has 4 nitrogen and oxygen atoms in total. The van der Waals surface area contributed by atoms with Crippen LogP contribution in [-0.4, -0.2) is 48.6 Å². The van der Waals surface area contributed by atoms with Crippen LogP contribution in [0.5, 0.6) is 0 Å². The van der Waals surface area contributed by atoms with Gasteiger partial charge >= 0.3 is 0 Å². The van der Waals surface area contributed by atoms with Crippen molar-refractivity contribution in [2.75, 3.05) is 37.6 Å². The van der Waals surface area contributed by atoms with Crippen molar-refractivity contribution in [3.05, 3.63) is 11.1 Å². The normalized spacial score (nSPS) is 21.8. The van der Waals surface area contributed by atoms with Crippen LogP contribution in [-0.2, 0) is 6.54 Å². The van der Waals surface area contributed by atoms with Crippen LogP contribution in [0.25, 0.3) is 0 Å². The maximum absolute atomic E-state index is 4.81. The highest BCUT2D eigenvalue weighted by Crippen LogP contribution is 2.23. The smallest absolute Gasteiger partial charge is 0.185 e. The predicted octanol–water partition coefficient (Wildman–Crippen LogP) is 2.32. The van der Waals surface area contributed by atoms with E-state index < -0.39 is 0 Å². The number of piperazine rings is 1. The Bertz CT molecular complexity index is 406.